The molecule has 20 heavy (non-hydrogen) atoms. The number of carboxylic acid groups (broad SMARTS) is 1. The minimum Gasteiger partial charge on any atom is -0.475 e. The number of hydrogen-bond donors (Lipinski definition) is 1. The largest absolute Gasteiger partial charge is 0.475 e. The normalized spacial score (nSPS) is 11.3. The first-order valence-electron chi connectivity index (χ1n) is 5.85. The van der Waals surface area contributed by atoms with Crippen molar-refractivity contribution in [2.45, 2.75) is 12.3 Å². The first kappa shape index (κ1) is 13.4. The van der Waals surface area contributed by atoms with E-state index in [1.807, 2.05) is 6.07 Å². The second-order valence-electron chi connectivity index (χ2n) is 4.19. The van der Waals surface area contributed by atoms with Crippen molar-refractivity contribution in [3.63, 3.8) is 0 Å². The molecular formula is C15H10N2O3. The Bertz CT molecular complexity index is 719. The van der Waals surface area contributed by atoms with Crippen molar-refractivity contribution in [3.05, 3.63) is 59.0 Å². The Kier molecular flexibility index (Phi) is 3.83. The SMILES string of the molecule is N#Cc1cccc(C(C#N)Cc2ccc(C(=O)O)o2)c1. The van der Waals surface area contributed by atoms with Crippen LogP contribution in [-0.2, 0) is 6.42 Å². The third kappa shape index (κ3) is 2.85. The van der Waals surface area contributed by atoms with Crippen LogP contribution in [0.3, 0.4) is 0 Å². The Hall–Kier alpha value is -3.05. The van der Waals surface area contributed by atoms with Crippen molar-refractivity contribution in [2.75, 3.05) is 0 Å². The fourth-order valence-corrected chi connectivity index (χ4v) is 1.87. The van der Waals surface area contributed by atoms with Crippen LogP contribution in [0.2, 0.25) is 0 Å². The molecule has 0 fully saturated rings. The van der Waals surface area contributed by atoms with E-state index in [0.717, 1.165) is 0 Å². The van der Waals surface area contributed by atoms with Crippen LogP contribution < -0.4 is 0 Å². The second kappa shape index (κ2) is 5.73. The van der Waals surface area contributed by atoms with Crippen LogP contribution >= 0.6 is 0 Å². The minimum absolute atomic E-state index is 0.150. The highest BCUT2D eigenvalue weighted by atomic mass is 16.4. The lowest BCUT2D eigenvalue weighted by atomic mass is 9.95. The molecule has 5 heteroatoms. The molecule has 0 amide bonds. The summed E-state index contributed by atoms with van der Waals surface area (Å²) in [6.45, 7) is 0. The zero-order chi connectivity index (χ0) is 14.5. The van der Waals surface area contributed by atoms with E-state index in [0.29, 0.717) is 16.9 Å². The summed E-state index contributed by atoms with van der Waals surface area (Å²) in [5.41, 5.74) is 1.19. The van der Waals surface area contributed by atoms with Gasteiger partial charge in [-0.2, -0.15) is 10.5 Å². The summed E-state index contributed by atoms with van der Waals surface area (Å²) in [5, 5.41) is 26.9. The number of hydrogen-bond acceptors (Lipinski definition) is 4. The van der Waals surface area contributed by atoms with Crippen molar-refractivity contribution in [1.82, 2.24) is 0 Å². The number of nitriles is 2. The number of rotatable bonds is 4. The van der Waals surface area contributed by atoms with Crippen molar-refractivity contribution in [3.8, 4) is 12.1 Å². The van der Waals surface area contributed by atoms with Crippen molar-refractivity contribution in [2.24, 2.45) is 0 Å². The molecule has 98 valence electrons. The number of nitrogens with zero attached hydrogens (tertiary/aromatic N) is 2. The molecular weight excluding hydrogens is 256 g/mol. The average molecular weight is 266 g/mol. The van der Waals surface area contributed by atoms with Gasteiger partial charge in [-0.25, -0.2) is 4.79 Å². The van der Waals surface area contributed by atoms with Gasteiger partial charge in [0.2, 0.25) is 5.76 Å². The maximum atomic E-state index is 10.7. The fourth-order valence-electron chi connectivity index (χ4n) is 1.87. The fraction of sp³-hybridized carbons (Fsp3) is 0.133. The highest BCUT2D eigenvalue weighted by Crippen LogP contribution is 2.22. The minimum atomic E-state index is -1.14. The predicted molar refractivity (Wildman–Crippen MR) is 68.9 cm³/mol. The van der Waals surface area contributed by atoms with Crippen LogP contribution in [0.15, 0.2) is 40.8 Å². The van der Waals surface area contributed by atoms with Gasteiger partial charge in [-0.15, -0.1) is 0 Å². The summed E-state index contributed by atoms with van der Waals surface area (Å²) in [6, 6.07) is 13.8. The van der Waals surface area contributed by atoms with Crippen molar-refractivity contribution < 1.29 is 14.3 Å². The molecule has 0 aliphatic carbocycles. The van der Waals surface area contributed by atoms with E-state index in [1.165, 1.54) is 6.07 Å². The average Bonchev–Trinajstić information content (AvgIpc) is 2.93. The van der Waals surface area contributed by atoms with Gasteiger partial charge < -0.3 is 9.52 Å². The zero-order valence-corrected chi connectivity index (χ0v) is 10.4. The lowest BCUT2D eigenvalue weighted by Gasteiger charge is -2.07. The van der Waals surface area contributed by atoms with E-state index >= 15 is 0 Å². The van der Waals surface area contributed by atoms with E-state index in [9.17, 15) is 10.1 Å². The van der Waals surface area contributed by atoms with Crippen LogP contribution in [0.1, 0.15) is 33.4 Å². The molecule has 2 aromatic rings. The first-order chi connectivity index (χ1) is 9.63. The molecule has 0 saturated carbocycles. The van der Waals surface area contributed by atoms with Gasteiger partial charge in [0.1, 0.15) is 5.76 Å². The molecule has 1 unspecified atom stereocenters. The van der Waals surface area contributed by atoms with Gasteiger partial charge >= 0.3 is 5.97 Å². The van der Waals surface area contributed by atoms with Gasteiger partial charge in [0.25, 0.3) is 0 Å². The number of furan rings is 1. The van der Waals surface area contributed by atoms with Crippen LogP contribution in [-0.4, -0.2) is 11.1 Å². The quantitative estimate of drug-likeness (QED) is 0.917. The highest BCUT2D eigenvalue weighted by molar-refractivity contribution is 5.84. The molecule has 0 spiro atoms. The molecule has 0 aliphatic rings. The molecule has 5 nitrogen and oxygen atoms in total. The Morgan fingerprint density at radius 1 is 1.30 bits per heavy atom. The molecule has 1 aromatic carbocycles. The first-order valence-corrected chi connectivity index (χ1v) is 5.85. The number of carboxylic acids is 1. The molecule has 1 heterocycles. The van der Waals surface area contributed by atoms with Crippen molar-refractivity contribution in [1.29, 1.82) is 10.5 Å². The molecule has 1 N–H and O–H groups in total. The van der Waals surface area contributed by atoms with E-state index in [-0.39, 0.29) is 12.2 Å². The molecule has 1 aromatic heterocycles. The summed E-state index contributed by atoms with van der Waals surface area (Å²) in [4.78, 5) is 10.7. The molecule has 2 rings (SSSR count). The summed E-state index contributed by atoms with van der Waals surface area (Å²) >= 11 is 0. The second-order valence-corrected chi connectivity index (χ2v) is 4.19. The Balaban J connectivity index is 2.22. The molecule has 0 bridgehead atoms. The van der Waals surface area contributed by atoms with Crippen LogP contribution in [0.4, 0.5) is 0 Å². The van der Waals surface area contributed by atoms with Gasteiger partial charge in [0.15, 0.2) is 0 Å². The summed E-state index contributed by atoms with van der Waals surface area (Å²) in [5.74, 6) is -1.36. The maximum Gasteiger partial charge on any atom is 0.371 e. The highest BCUT2D eigenvalue weighted by Gasteiger charge is 2.16. The third-order valence-electron chi connectivity index (χ3n) is 2.85. The standard InChI is InChI=1S/C15H10N2O3/c16-8-10-2-1-3-11(6-10)12(9-17)7-13-4-5-14(20-13)15(18)19/h1-6,12H,7H2,(H,18,19). The number of carbonyl (C=O) groups is 1. The predicted octanol–water partition coefficient (Wildman–Crippen LogP) is 2.70. The van der Waals surface area contributed by atoms with Crippen LogP contribution in [0, 0.1) is 22.7 Å². The zero-order valence-electron chi connectivity index (χ0n) is 10.4. The Morgan fingerprint density at radius 3 is 2.70 bits per heavy atom. The molecule has 0 saturated heterocycles. The van der Waals surface area contributed by atoms with Gasteiger partial charge in [0, 0.05) is 6.42 Å². The maximum absolute atomic E-state index is 10.7. The van der Waals surface area contributed by atoms with E-state index in [1.54, 1.807) is 30.3 Å². The topological polar surface area (TPSA) is 98.0 Å². The van der Waals surface area contributed by atoms with E-state index < -0.39 is 11.9 Å². The summed E-state index contributed by atoms with van der Waals surface area (Å²) < 4.78 is 5.14. The molecule has 1 atom stereocenters. The Labute approximate surface area is 115 Å². The van der Waals surface area contributed by atoms with Gasteiger partial charge in [0.05, 0.1) is 23.6 Å². The lowest BCUT2D eigenvalue weighted by molar-refractivity contribution is 0.0660. The van der Waals surface area contributed by atoms with Crippen molar-refractivity contribution >= 4 is 5.97 Å². The summed E-state index contributed by atoms with van der Waals surface area (Å²) in [6.07, 6.45) is 0.263. The van der Waals surface area contributed by atoms with Gasteiger partial charge in [-0.05, 0) is 29.8 Å². The van der Waals surface area contributed by atoms with Gasteiger partial charge in [-0.1, -0.05) is 12.1 Å². The van der Waals surface area contributed by atoms with E-state index in [2.05, 4.69) is 6.07 Å². The van der Waals surface area contributed by atoms with Gasteiger partial charge in [-0.3, -0.25) is 0 Å². The third-order valence-corrected chi connectivity index (χ3v) is 2.85. The van der Waals surface area contributed by atoms with E-state index in [4.69, 9.17) is 14.8 Å². The summed E-state index contributed by atoms with van der Waals surface area (Å²) in [7, 11) is 0. The Morgan fingerprint density at radius 2 is 2.10 bits per heavy atom. The molecule has 0 radical (unpaired) electrons. The number of aromatic carboxylic acids is 1. The van der Waals surface area contributed by atoms with Crippen LogP contribution in [0.5, 0.6) is 0 Å². The lowest BCUT2D eigenvalue weighted by Crippen LogP contribution is -2.00. The monoisotopic (exact) mass is 266 g/mol. The smallest absolute Gasteiger partial charge is 0.371 e. The molecule has 0 aliphatic heterocycles. The number of benzene rings is 1. The van der Waals surface area contributed by atoms with Crippen LogP contribution in [0.25, 0.3) is 0 Å².